The highest BCUT2D eigenvalue weighted by Gasteiger charge is 2.46. The Balaban J connectivity index is 2.17. The molecule has 1 aliphatic rings. The van der Waals surface area contributed by atoms with Crippen molar-refractivity contribution in [1.29, 1.82) is 0 Å². The predicted molar refractivity (Wildman–Crippen MR) is 123 cm³/mol. The van der Waals surface area contributed by atoms with Gasteiger partial charge in [0, 0.05) is 16.5 Å². The number of nitrogens with zero attached hydrogens (tertiary/aromatic N) is 1. The number of nitrogens with one attached hydrogen (secondary N) is 1. The van der Waals surface area contributed by atoms with Gasteiger partial charge in [0.15, 0.2) is 0 Å². The lowest BCUT2D eigenvalue weighted by atomic mass is 9.90. The highest BCUT2D eigenvalue weighted by atomic mass is 35.5. The second kappa shape index (κ2) is 10.8. The lowest BCUT2D eigenvalue weighted by Crippen LogP contribution is -2.58. The van der Waals surface area contributed by atoms with Gasteiger partial charge in [-0.1, -0.05) is 66.9 Å². The maximum Gasteiger partial charge on any atom is 0.254 e. The largest absolute Gasteiger partial charge is 0.358 e. The van der Waals surface area contributed by atoms with Crippen LogP contribution in [0.5, 0.6) is 0 Å². The molecule has 164 valence electrons. The molecule has 1 aliphatic heterocycles. The number of amides is 2. The fraction of sp³-hybridized carbons (Fsp3) is 0.333. The lowest BCUT2D eigenvalue weighted by molar-refractivity contribution is -0.180. The first kappa shape index (κ1) is 23.3. The molecular formula is C24H26Cl2N2O3. The highest BCUT2D eigenvalue weighted by molar-refractivity contribution is 6.30. The van der Waals surface area contributed by atoms with Crippen molar-refractivity contribution in [1.82, 2.24) is 10.2 Å². The van der Waals surface area contributed by atoms with Gasteiger partial charge >= 0.3 is 0 Å². The molecule has 2 aromatic carbocycles. The van der Waals surface area contributed by atoms with Crippen LogP contribution in [-0.4, -0.2) is 29.5 Å². The first-order valence-electron chi connectivity index (χ1n) is 10.3. The fourth-order valence-electron chi connectivity index (χ4n) is 4.01. The summed E-state index contributed by atoms with van der Waals surface area (Å²) in [6.07, 6.45) is 2.38. The summed E-state index contributed by atoms with van der Waals surface area (Å²) in [7, 11) is 0. The van der Waals surface area contributed by atoms with Gasteiger partial charge < -0.3 is 15.0 Å². The number of hydrogen-bond donors (Lipinski definition) is 1. The molecule has 0 radical (unpaired) electrons. The number of benzene rings is 2. The molecule has 4 atom stereocenters. The van der Waals surface area contributed by atoms with Crippen LogP contribution in [0.2, 0.25) is 10.0 Å². The van der Waals surface area contributed by atoms with E-state index in [2.05, 4.69) is 11.9 Å². The van der Waals surface area contributed by atoms with Crippen LogP contribution >= 0.6 is 23.2 Å². The molecule has 0 saturated carbocycles. The van der Waals surface area contributed by atoms with Crippen molar-refractivity contribution >= 4 is 35.5 Å². The second-order valence-corrected chi connectivity index (χ2v) is 8.33. The van der Waals surface area contributed by atoms with Gasteiger partial charge in [0.25, 0.3) is 5.91 Å². The molecule has 1 N–H and O–H groups in total. The summed E-state index contributed by atoms with van der Waals surface area (Å²) in [6, 6.07) is 14.3. The molecule has 7 heteroatoms. The predicted octanol–water partition coefficient (Wildman–Crippen LogP) is 5.45. The summed E-state index contributed by atoms with van der Waals surface area (Å²) in [4.78, 5) is 26.7. The molecule has 1 unspecified atom stereocenters. The van der Waals surface area contributed by atoms with Gasteiger partial charge in [0.1, 0.15) is 18.4 Å². The molecule has 2 amide bonds. The van der Waals surface area contributed by atoms with Crippen molar-refractivity contribution in [3.8, 4) is 0 Å². The molecular weight excluding hydrogens is 435 g/mol. The Morgan fingerprint density at radius 2 is 1.90 bits per heavy atom. The van der Waals surface area contributed by atoms with E-state index >= 15 is 0 Å². The normalized spacial score (nSPS) is 22.1. The van der Waals surface area contributed by atoms with E-state index in [4.69, 9.17) is 27.9 Å². The topological polar surface area (TPSA) is 58.6 Å². The van der Waals surface area contributed by atoms with E-state index < -0.39 is 24.4 Å². The molecule has 2 aromatic rings. The first-order chi connectivity index (χ1) is 15.0. The van der Waals surface area contributed by atoms with E-state index in [1.54, 1.807) is 29.2 Å². The number of halogens is 2. The summed E-state index contributed by atoms with van der Waals surface area (Å²) < 4.78 is 6.34. The average molecular weight is 461 g/mol. The Morgan fingerprint density at radius 3 is 2.52 bits per heavy atom. The molecule has 0 aromatic heterocycles. The van der Waals surface area contributed by atoms with E-state index in [9.17, 15) is 9.59 Å². The van der Waals surface area contributed by atoms with Crippen molar-refractivity contribution in [3.05, 3.63) is 82.4 Å². The van der Waals surface area contributed by atoms with Crippen molar-refractivity contribution in [2.75, 3.05) is 0 Å². The summed E-state index contributed by atoms with van der Waals surface area (Å²) in [5.41, 5.74) is 1.70. The van der Waals surface area contributed by atoms with E-state index in [-0.39, 0.29) is 5.91 Å². The lowest BCUT2D eigenvalue weighted by Gasteiger charge is -2.48. The Kier molecular flexibility index (Phi) is 8.13. The third-order valence-corrected chi connectivity index (χ3v) is 5.84. The maximum absolute atomic E-state index is 13.5. The minimum absolute atomic E-state index is 0.189. The zero-order valence-corrected chi connectivity index (χ0v) is 18.9. The summed E-state index contributed by atoms with van der Waals surface area (Å²) in [6.45, 7) is 5.78. The number of carbonyl (C=O) groups excluding carboxylic acids is 2. The van der Waals surface area contributed by atoms with Crippen molar-refractivity contribution < 1.29 is 14.3 Å². The Bertz CT molecular complexity index is 919. The minimum atomic E-state index is -0.710. The molecule has 31 heavy (non-hydrogen) atoms. The Morgan fingerprint density at radius 1 is 1.16 bits per heavy atom. The summed E-state index contributed by atoms with van der Waals surface area (Å²) in [5.74, 6) is -0.189. The van der Waals surface area contributed by atoms with E-state index in [0.717, 1.165) is 17.5 Å². The monoisotopic (exact) mass is 460 g/mol. The molecule has 0 bridgehead atoms. The Hall–Kier alpha value is -2.34. The van der Waals surface area contributed by atoms with E-state index in [1.807, 2.05) is 37.3 Å². The zero-order valence-electron chi connectivity index (χ0n) is 17.3. The highest BCUT2D eigenvalue weighted by Crippen LogP contribution is 2.44. The number of carbonyl (C=O) groups is 2. The van der Waals surface area contributed by atoms with Gasteiger partial charge in [0.05, 0.1) is 6.04 Å². The van der Waals surface area contributed by atoms with Gasteiger partial charge in [-0.25, -0.2) is 0 Å². The van der Waals surface area contributed by atoms with Crippen molar-refractivity contribution in [2.45, 2.75) is 50.6 Å². The molecule has 0 spiro atoms. The number of morpholine rings is 1. The van der Waals surface area contributed by atoms with Crippen LogP contribution < -0.4 is 5.32 Å². The summed E-state index contributed by atoms with van der Waals surface area (Å²) >= 11 is 12.4. The smallest absolute Gasteiger partial charge is 0.254 e. The first-order valence-corrected chi connectivity index (χ1v) is 11.0. The molecule has 5 nitrogen and oxygen atoms in total. The van der Waals surface area contributed by atoms with Crippen molar-refractivity contribution in [3.63, 3.8) is 0 Å². The van der Waals surface area contributed by atoms with Gasteiger partial charge in [-0.15, -0.1) is 6.58 Å². The quantitative estimate of drug-likeness (QED) is 0.399. The third-order valence-electron chi connectivity index (χ3n) is 5.36. The van der Waals surface area contributed by atoms with Crippen molar-refractivity contribution in [2.24, 2.45) is 0 Å². The molecule has 0 aliphatic carbocycles. The minimum Gasteiger partial charge on any atom is -0.358 e. The van der Waals surface area contributed by atoms with Gasteiger partial charge in [-0.05, 0) is 41.8 Å². The van der Waals surface area contributed by atoms with Crippen LogP contribution in [0.15, 0.2) is 61.2 Å². The fourth-order valence-corrected chi connectivity index (χ4v) is 4.33. The van der Waals surface area contributed by atoms with Gasteiger partial charge in [-0.2, -0.15) is 0 Å². The van der Waals surface area contributed by atoms with Crippen LogP contribution in [0.25, 0.3) is 0 Å². The third kappa shape index (κ3) is 5.29. The SMILES string of the molecule is C=CC[C@H]1OC(c2cccc(Cl)c2)[C@H](c2ccc(Cl)cc2)N([C@H](CCC)NC=O)C1=O. The maximum atomic E-state index is 13.5. The van der Waals surface area contributed by atoms with Gasteiger partial charge in [0.2, 0.25) is 6.41 Å². The van der Waals surface area contributed by atoms with Gasteiger partial charge in [-0.3, -0.25) is 9.59 Å². The van der Waals surface area contributed by atoms with Crippen LogP contribution in [0.4, 0.5) is 0 Å². The summed E-state index contributed by atoms with van der Waals surface area (Å²) in [5, 5.41) is 4.01. The second-order valence-electron chi connectivity index (χ2n) is 7.46. The standard InChI is InChI=1S/C24H26Cl2N2O3/c1-3-6-20-24(30)28(21(7-4-2)27-15-29)22(16-10-12-18(25)13-11-16)23(31-20)17-8-5-9-19(26)14-17/h3,5,8-15,20-23H,1,4,6-7H2,2H3,(H,27,29)/t20-,21-,22+,23?/m1/s1. The van der Waals surface area contributed by atoms with Crippen LogP contribution in [0.1, 0.15) is 49.5 Å². The van der Waals surface area contributed by atoms with Crippen LogP contribution in [-0.2, 0) is 14.3 Å². The Labute approximate surface area is 193 Å². The van der Waals surface area contributed by atoms with Crippen LogP contribution in [0.3, 0.4) is 0 Å². The number of ether oxygens (including phenoxy) is 1. The molecule has 1 saturated heterocycles. The van der Waals surface area contributed by atoms with E-state index in [0.29, 0.717) is 29.3 Å². The molecule has 1 heterocycles. The number of hydrogen-bond acceptors (Lipinski definition) is 3. The van der Waals surface area contributed by atoms with Crippen LogP contribution in [0, 0.1) is 0 Å². The van der Waals surface area contributed by atoms with E-state index in [1.165, 1.54) is 0 Å². The number of rotatable bonds is 9. The average Bonchev–Trinajstić information content (AvgIpc) is 2.75. The molecule has 3 rings (SSSR count). The zero-order chi connectivity index (χ0) is 22.4. The molecule has 1 fully saturated rings.